The van der Waals surface area contributed by atoms with E-state index in [2.05, 4.69) is 32.1 Å². The van der Waals surface area contributed by atoms with Crippen LogP contribution in [0.1, 0.15) is 31.4 Å². The van der Waals surface area contributed by atoms with E-state index in [4.69, 9.17) is 18.9 Å². The molecule has 0 aromatic carbocycles. The molecule has 1 N–H and O–H groups in total. The fraction of sp³-hybridized carbons (Fsp3) is 0.500. The van der Waals surface area contributed by atoms with Crippen LogP contribution >= 0.6 is 11.3 Å². The molecule has 3 saturated heterocycles. The number of fused-ring (bicyclic) bond motifs is 2. The van der Waals surface area contributed by atoms with Gasteiger partial charge in [0.15, 0.2) is 29.0 Å². The summed E-state index contributed by atoms with van der Waals surface area (Å²) in [6.07, 6.45) is 2.66. The molecule has 3 aliphatic heterocycles. The number of hydrogen-bond acceptors (Lipinski definition) is 9. The summed E-state index contributed by atoms with van der Waals surface area (Å²) in [5, 5.41) is 5.43. The van der Waals surface area contributed by atoms with Gasteiger partial charge in [0.2, 0.25) is 0 Å². The lowest BCUT2D eigenvalue weighted by Gasteiger charge is -2.23. The molecule has 0 saturated carbocycles. The maximum absolute atomic E-state index is 6.35. The number of imidazole rings is 1. The zero-order valence-corrected chi connectivity index (χ0v) is 18.5. The van der Waals surface area contributed by atoms with Crippen LogP contribution in [0.4, 0.5) is 5.82 Å². The van der Waals surface area contributed by atoms with Gasteiger partial charge < -0.3 is 24.3 Å². The minimum atomic E-state index is -0.721. The predicted molar refractivity (Wildman–Crippen MR) is 117 cm³/mol. The average molecular weight is 454 g/mol. The quantitative estimate of drug-likeness (QED) is 0.605. The first kappa shape index (κ1) is 20.1. The van der Waals surface area contributed by atoms with Crippen molar-refractivity contribution < 1.29 is 18.9 Å². The number of hydrogen-bond donors (Lipinski definition) is 1. The van der Waals surface area contributed by atoms with Crippen LogP contribution in [-0.4, -0.2) is 62.9 Å². The molecule has 166 valence electrons. The Morgan fingerprint density at radius 2 is 2.12 bits per heavy atom. The zero-order chi connectivity index (χ0) is 21.7. The van der Waals surface area contributed by atoms with Gasteiger partial charge >= 0.3 is 0 Å². The molecular weight excluding hydrogens is 430 g/mol. The molecule has 10 heteroatoms. The largest absolute Gasteiger partial charge is 0.379 e. The number of ether oxygens (including phenoxy) is 4. The highest BCUT2D eigenvalue weighted by molar-refractivity contribution is 7.10. The van der Waals surface area contributed by atoms with Gasteiger partial charge in [0, 0.05) is 6.61 Å². The standard InChI is InChI=1S/C22H23N5O4S/c1-22(2)30-17-15(6-5-14-4-3-9-32-14)29-21(18(17)31-22)27-12-25-16-19(23-11-24-20(16)27)26-13-7-8-28-10-13/h3-4,9,11-13,15,17-18,21H,7-8,10H2,1-2H3,(H,23,24,26)/t13?,15-,17-,18-,21-/m1/s1. The van der Waals surface area contributed by atoms with E-state index in [1.807, 2.05) is 35.9 Å². The van der Waals surface area contributed by atoms with E-state index in [0.717, 1.165) is 17.9 Å². The first-order valence-electron chi connectivity index (χ1n) is 10.7. The van der Waals surface area contributed by atoms with Gasteiger partial charge in [-0.3, -0.25) is 4.57 Å². The molecule has 0 amide bonds. The SMILES string of the molecule is CC1(C)O[C@@H]2[C@H](O1)[C@@H](C#Cc1cccs1)O[C@H]2n1cnc2c(NC3CCOC3)ncnc21. The molecule has 3 aromatic rings. The third-order valence-corrected chi connectivity index (χ3v) is 6.58. The Morgan fingerprint density at radius 1 is 1.22 bits per heavy atom. The minimum absolute atomic E-state index is 0.217. The van der Waals surface area contributed by atoms with Crippen molar-refractivity contribution >= 4 is 28.3 Å². The lowest BCUT2D eigenvalue weighted by Crippen LogP contribution is -2.28. The van der Waals surface area contributed by atoms with Gasteiger partial charge in [0.25, 0.3) is 0 Å². The number of thiophene rings is 1. The summed E-state index contributed by atoms with van der Waals surface area (Å²) in [7, 11) is 0. The number of anilines is 1. The monoisotopic (exact) mass is 453 g/mol. The maximum atomic E-state index is 6.35. The van der Waals surface area contributed by atoms with E-state index in [1.54, 1.807) is 17.7 Å². The topological polar surface area (TPSA) is 92.6 Å². The number of nitrogens with one attached hydrogen (secondary N) is 1. The van der Waals surface area contributed by atoms with Gasteiger partial charge in [-0.2, -0.15) is 0 Å². The van der Waals surface area contributed by atoms with E-state index >= 15 is 0 Å². The van der Waals surface area contributed by atoms with Crippen molar-refractivity contribution in [1.82, 2.24) is 19.5 Å². The summed E-state index contributed by atoms with van der Waals surface area (Å²) >= 11 is 1.60. The highest BCUT2D eigenvalue weighted by atomic mass is 32.1. The van der Waals surface area contributed by atoms with Gasteiger partial charge in [-0.25, -0.2) is 15.0 Å². The van der Waals surface area contributed by atoms with E-state index in [0.29, 0.717) is 23.6 Å². The lowest BCUT2D eigenvalue weighted by atomic mass is 10.1. The van der Waals surface area contributed by atoms with Gasteiger partial charge in [-0.05, 0) is 31.7 Å². The van der Waals surface area contributed by atoms with E-state index in [9.17, 15) is 0 Å². The molecule has 5 atom stereocenters. The van der Waals surface area contributed by atoms with Crippen molar-refractivity contribution in [2.24, 2.45) is 0 Å². The fourth-order valence-electron chi connectivity index (χ4n) is 4.39. The molecule has 0 bridgehead atoms. The molecule has 6 heterocycles. The van der Waals surface area contributed by atoms with E-state index in [1.165, 1.54) is 6.33 Å². The van der Waals surface area contributed by atoms with E-state index in [-0.39, 0.29) is 18.2 Å². The van der Waals surface area contributed by atoms with Crippen molar-refractivity contribution in [2.75, 3.05) is 18.5 Å². The van der Waals surface area contributed by atoms with Crippen LogP contribution in [0.3, 0.4) is 0 Å². The molecule has 0 spiro atoms. The second kappa shape index (κ2) is 7.79. The van der Waals surface area contributed by atoms with Crippen LogP contribution in [-0.2, 0) is 18.9 Å². The summed E-state index contributed by atoms with van der Waals surface area (Å²) in [6, 6.07) is 4.19. The Bertz CT molecular complexity index is 1180. The molecule has 6 rings (SSSR count). The molecule has 32 heavy (non-hydrogen) atoms. The second-order valence-electron chi connectivity index (χ2n) is 8.51. The number of aromatic nitrogens is 4. The summed E-state index contributed by atoms with van der Waals surface area (Å²) in [5.74, 6) is 6.40. The third-order valence-electron chi connectivity index (χ3n) is 5.79. The van der Waals surface area contributed by atoms with Gasteiger partial charge in [-0.15, -0.1) is 11.3 Å². The van der Waals surface area contributed by atoms with Crippen molar-refractivity contribution in [3.63, 3.8) is 0 Å². The number of rotatable bonds is 3. The Kier molecular flexibility index (Phi) is 4.89. The van der Waals surface area contributed by atoms with Crippen molar-refractivity contribution in [3.8, 4) is 11.8 Å². The van der Waals surface area contributed by atoms with Crippen LogP contribution in [0.25, 0.3) is 11.2 Å². The highest BCUT2D eigenvalue weighted by Gasteiger charge is 2.56. The Morgan fingerprint density at radius 3 is 2.94 bits per heavy atom. The summed E-state index contributed by atoms with van der Waals surface area (Å²) in [4.78, 5) is 14.5. The predicted octanol–water partition coefficient (Wildman–Crippen LogP) is 2.56. The number of nitrogens with zero attached hydrogens (tertiary/aromatic N) is 4. The highest BCUT2D eigenvalue weighted by Crippen LogP contribution is 2.43. The molecule has 9 nitrogen and oxygen atoms in total. The molecule has 0 radical (unpaired) electrons. The van der Waals surface area contributed by atoms with Crippen molar-refractivity contribution in [3.05, 3.63) is 35.0 Å². The lowest BCUT2D eigenvalue weighted by molar-refractivity contribution is -0.190. The van der Waals surface area contributed by atoms with Crippen LogP contribution < -0.4 is 5.32 Å². The Hall–Kier alpha value is -2.55. The van der Waals surface area contributed by atoms with Crippen molar-refractivity contribution in [1.29, 1.82) is 0 Å². The van der Waals surface area contributed by atoms with Crippen LogP contribution in [0.15, 0.2) is 30.2 Å². The molecule has 0 aliphatic carbocycles. The average Bonchev–Trinajstić information content (AvgIpc) is 3.56. The van der Waals surface area contributed by atoms with Crippen LogP contribution in [0.2, 0.25) is 0 Å². The second-order valence-corrected chi connectivity index (χ2v) is 9.46. The van der Waals surface area contributed by atoms with Crippen LogP contribution in [0.5, 0.6) is 0 Å². The van der Waals surface area contributed by atoms with Gasteiger partial charge in [-0.1, -0.05) is 17.9 Å². The summed E-state index contributed by atoms with van der Waals surface area (Å²) in [5.41, 5.74) is 1.36. The normalized spacial score (nSPS) is 30.9. The molecule has 3 fully saturated rings. The smallest absolute Gasteiger partial charge is 0.167 e. The van der Waals surface area contributed by atoms with Gasteiger partial charge in [0.1, 0.15) is 24.6 Å². The molecule has 3 aliphatic rings. The third kappa shape index (κ3) is 3.56. The maximum Gasteiger partial charge on any atom is 0.167 e. The molecular formula is C22H23N5O4S. The van der Waals surface area contributed by atoms with Gasteiger partial charge in [0.05, 0.1) is 23.9 Å². The fourth-order valence-corrected chi connectivity index (χ4v) is 4.97. The molecule has 1 unspecified atom stereocenters. The Balaban J connectivity index is 1.33. The summed E-state index contributed by atoms with van der Waals surface area (Å²) < 4.78 is 26.1. The Labute approximate surface area is 189 Å². The van der Waals surface area contributed by atoms with E-state index < -0.39 is 18.1 Å². The first-order chi connectivity index (χ1) is 15.6. The van der Waals surface area contributed by atoms with Crippen LogP contribution in [0, 0.1) is 11.8 Å². The van der Waals surface area contributed by atoms with Crippen molar-refractivity contribution in [2.45, 2.75) is 56.6 Å². The zero-order valence-electron chi connectivity index (χ0n) is 17.7. The summed E-state index contributed by atoms with van der Waals surface area (Å²) in [6.45, 7) is 5.23. The first-order valence-corrected chi connectivity index (χ1v) is 11.5. The molecule has 3 aromatic heterocycles. The minimum Gasteiger partial charge on any atom is -0.379 e.